The SMILES string of the molecule is CC(C)COC(=COCC=C=O)CN[C@H]1c2cc(C#N)ccc2OC(C)(C)[C@@H]1O. The smallest absolute Gasteiger partial charge is 0.144 e. The Kier molecular flexibility index (Phi) is 7.86. The Balaban J connectivity index is 2.22. The van der Waals surface area contributed by atoms with E-state index >= 15 is 0 Å². The van der Waals surface area contributed by atoms with Crippen LogP contribution in [0, 0.1) is 17.2 Å². The monoisotopic (exact) mass is 400 g/mol. The molecule has 1 aromatic rings. The number of aliphatic hydroxyl groups excluding tert-OH is 1. The minimum absolute atomic E-state index is 0.0966. The Morgan fingerprint density at radius 3 is 2.86 bits per heavy atom. The first kappa shape index (κ1) is 22.5. The molecule has 1 aromatic carbocycles. The summed E-state index contributed by atoms with van der Waals surface area (Å²) in [6.07, 6.45) is 1.83. The van der Waals surface area contributed by atoms with Crippen LogP contribution in [0.4, 0.5) is 0 Å². The lowest BCUT2D eigenvalue weighted by Crippen LogP contribution is -2.52. The van der Waals surface area contributed by atoms with Crippen LogP contribution in [0.25, 0.3) is 0 Å². The van der Waals surface area contributed by atoms with Gasteiger partial charge >= 0.3 is 0 Å². The molecule has 2 N–H and O–H groups in total. The van der Waals surface area contributed by atoms with Gasteiger partial charge in [0.1, 0.15) is 42.0 Å². The summed E-state index contributed by atoms with van der Waals surface area (Å²) in [6, 6.07) is 6.80. The third-order valence-corrected chi connectivity index (χ3v) is 4.45. The van der Waals surface area contributed by atoms with Gasteiger partial charge in [-0.15, -0.1) is 0 Å². The van der Waals surface area contributed by atoms with Crippen molar-refractivity contribution in [3.8, 4) is 11.8 Å². The lowest BCUT2D eigenvalue weighted by Gasteiger charge is -2.42. The molecular weight excluding hydrogens is 372 g/mol. The fourth-order valence-electron chi connectivity index (χ4n) is 2.92. The minimum Gasteiger partial charge on any atom is -0.493 e. The number of nitrogens with one attached hydrogen (secondary N) is 1. The molecule has 1 heterocycles. The summed E-state index contributed by atoms with van der Waals surface area (Å²) in [5.41, 5.74) is 0.387. The summed E-state index contributed by atoms with van der Waals surface area (Å²) in [5.74, 6) is 3.13. The van der Waals surface area contributed by atoms with Crippen molar-refractivity contribution in [3.63, 3.8) is 0 Å². The summed E-state index contributed by atoms with van der Waals surface area (Å²) in [5, 5.41) is 23.4. The maximum atomic E-state index is 10.9. The van der Waals surface area contributed by atoms with E-state index in [1.165, 1.54) is 12.3 Å². The number of benzene rings is 1. The molecule has 0 bridgehead atoms. The molecule has 0 fully saturated rings. The summed E-state index contributed by atoms with van der Waals surface area (Å²) in [4.78, 5) is 10.3. The van der Waals surface area contributed by atoms with Crippen molar-refractivity contribution in [1.82, 2.24) is 5.32 Å². The molecular formula is C22H28N2O5. The lowest BCUT2D eigenvalue weighted by molar-refractivity contribution is -0.0646. The molecule has 7 nitrogen and oxygen atoms in total. The predicted octanol–water partition coefficient (Wildman–Crippen LogP) is 2.64. The first-order chi connectivity index (χ1) is 13.8. The van der Waals surface area contributed by atoms with E-state index in [2.05, 4.69) is 11.4 Å². The second-order valence-electron chi connectivity index (χ2n) is 7.82. The average Bonchev–Trinajstić information content (AvgIpc) is 2.68. The molecule has 156 valence electrons. The third-order valence-electron chi connectivity index (χ3n) is 4.45. The molecule has 2 rings (SSSR count). The molecule has 7 heteroatoms. The van der Waals surface area contributed by atoms with E-state index < -0.39 is 17.7 Å². The summed E-state index contributed by atoms with van der Waals surface area (Å²) < 4.78 is 17.0. The van der Waals surface area contributed by atoms with Gasteiger partial charge in [-0.2, -0.15) is 5.26 Å². The van der Waals surface area contributed by atoms with Crippen LogP contribution in [0.2, 0.25) is 0 Å². The van der Waals surface area contributed by atoms with E-state index in [4.69, 9.17) is 14.2 Å². The van der Waals surface area contributed by atoms with Crippen LogP contribution in [0.15, 0.2) is 36.3 Å². The molecule has 0 spiro atoms. The number of rotatable bonds is 9. The van der Waals surface area contributed by atoms with Gasteiger partial charge in [0.15, 0.2) is 0 Å². The largest absolute Gasteiger partial charge is 0.493 e. The zero-order valence-corrected chi connectivity index (χ0v) is 17.3. The maximum Gasteiger partial charge on any atom is 0.144 e. The van der Waals surface area contributed by atoms with Crippen molar-refractivity contribution in [2.24, 2.45) is 5.92 Å². The standard InChI is InChI=1S/C22H28N2O5/c1-15(2)13-28-17(14-27-9-5-8-25)12-24-20-18-10-16(11-23)6-7-19(18)29-22(3,4)21(20)26/h5-7,10,14-15,20-21,24,26H,9,12-13H2,1-4H3/t20-,21+/m0/s1. The highest BCUT2D eigenvalue weighted by molar-refractivity contribution is 5.46. The zero-order valence-electron chi connectivity index (χ0n) is 17.3. The first-order valence-electron chi connectivity index (χ1n) is 9.55. The summed E-state index contributed by atoms with van der Waals surface area (Å²) in [6.45, 7) is 8.57. The van der Waals surface area contributed by atoms with E-state index in [1.54, 1.807) is 24.1 Å². The van der Waals surface area contributed by atoms with Crippen LogP contribution < -0.4 is 10.1 Å². The molecule has 0 amide bonds. The highest BCUT2D eigenvalue weighted by Crippen LogP contribution is 2.40. The average molecular weight is 400 g/mol. The van der Waals surface area contributed by atoms with Crippen molar-refractivity contribution < 1.29 is 24.1 Å². The van der Waals surface area contributed by atoms with Crippen molar-refractivity contribution >= 4 is 5.94 Å². The second-order valence-corrected chi connectivity index (χ2v) is 7.82. The molecule has 0 saturated carbocycles. The minimum atomic E-state index is -0.853. The lowest BCUT2D eigenvalue weighted by atomic mass is 9.86. The Labute approximate surface area is 171 Å². The van der Waals surface area contributed by atoms with Crippen LogP contribution in [-0.4, -0.2) is 42.5 Å². The van der Waals surface area contributed by atoms with Gasteiger partial charge in [0.25, 0.3) is 0 Å². The highest BCUT2D eigenvalue weighted by Gasteiger charge is 2.42. The normalized spacial score (nSPS) is 20.1. The van der Waals surface area contributed by atoms with Crippen molar-refractivity contribution in [3.05, 3.63) is 47.4 Å². The van der Waals surface area contributed by atoms with Crippen molar-refractivity contribution in [2.45, 2.75) is 45.4 Å². The van der Waals surface area contributed by atoms with Crippen LogP contribution in [0.1, 0.15) is 44.9 Å². The number of carbonyl (C=O) groups excluding carboxylic acids is 1. The molecule has 1 aliphatic rings. The Morgan fingerprint density at radius 1 is 1.45 bits per heavy atom. The van der Waals surface area contributed by atoms with Gasteiger partial charge in [-0.3, -0.25) is 0 Å². The van der Waals surface area contributed by atoms with Crippen molar-refractivity contribution in [1.29, 1.82) is 5.26 Å². The highest BCUT2D eigenvalue weighted by atomic mass is 16.5. The van der Waals surface area contributed by atoms with Gasteiger partial charge in [0.2, 0.25) is 0 Å². The summed E-state index contributed by atoms with van der Waals surface area (Å²) in [7, 11) is 0. The van der Waals surface area contributed by atoms with Gasteiger partial charge in [-0.05, 0) is 38.0 Å². The summed E-state index contributed by atoms with van der Waals surface area (Å²) >= 11 is 0. The Hall–Kier alpha value is -2.78. The topological polar surface area (TPSA) is 101 Å². The quantitative estimate of drug-likeness (QED) is 0.373. The van der Waals surface area contributed by atoms with Gasteiger partial charge in [0.05, 0.1) is 30.8 Å². The van der Waals surface area contributed by atoms with Crippen molar-refractivity contribution in [2.75, 3.05) is 19.8 Å². The van der Waals surface area contributed by atoms with Crippen LogP contribution in [-0.2, 0) is 14.3 Å². The molecule has 0 unspecified atom stereocenters. The molecule has 29 heavy (non-hydrogen) atoms. The van der Waals surface area contributed by atoms with Crippen LogP contribution in [0.3, 0.4) is 0 Å². The van der Waals surface area contributed by atoms with Gasteiger partial charge in [-0.25, -0.2) is 4.79 Å². The second kappa shape index (κ2) is 10.1. The van der Waals surface area contributed by atoms with Crippen LogP contribution in [0.5, 0.6) is 5.75 Å². The van der Waals surface area contributed by atoms with Gasteiger partial charge < -0.3 is 24.6 Å². The van der Waals surface area contributed by atoms with E-state index in [0.29, 0.717) is 35.2 Å². The Bertz CT molecular complexity index is 819. The maximum absolute atomic E-state index is 10.9. The Morgan fingerprint density at radius 2 is 2.21 bits per heavy atom. The number of ether oxygens (including phenoxy) is 3. The third kappa shape index (κ3) is 6.10. The number of nitrogens with zero attached hydrogens (tertiary/aromatic N) is 1. The number of hydrogen-bond acceptors (Lipinski definition) is 7. The first-order valence-corrected chi connectivity index (χ1v) is 9.55. The van der Waals surface area contributed by atoms with E-state index in [9.17, 15) is 15.2 Å². The number of hydrogen-bond donors (Lipinski definition) is 2. The van der Waals surface area contributed by atoms with E-state index in [0.717, 1.165) is 0 Å². The molecule has 1 aliphatic heterocycles. The fraction of sp³-hybridized carbons (Fsp3) is 0.500. The predicted molar refractivity (Wildman–Crippen MR) is 108 cm³/mol. The van der Waals surface area contributed by atoms with Crippen LogP contribution >= 0.6 is 0 Å². The number of nitriles is 1. The molecule has 0 radical (unpaired) electrons. The fourth-order valence-corrected chi connectivity index (χ4v) is 2.92. The number of aliphatic hydroxyl groups is 1. The zero-order chi connectivity index (χ0) is 21.4. The molecule has 0 aromatic heterocycles. The molecule has 0 saturated heterocycles. The van der Waals surface area contributed by atoms with E-state index in [-0.39, 0.29) is 13.2 Å². The molecule has 0 aliphatic carbocycles. The van der Waals surface area contributed by atoms with Gasteiger partial charge in [-0.1, -0.05) is 13.8 Å². The number of fused-ring (bicyclic) bond motifs is 1. The van der Waals surface area contributed by atoms with Gasteiger partial charge in [0, 0.05) is 11.6 Å². The molecule has 2 atom stereocenters. The van der Waals surface area contributed by atoms with E-state index in [1.807, 2.05) is 27.7 Å².